The molecule has 0 bridgehead atoms. The molecule has 3 aromatic rings. The number of halogens is 3. The van der Waals surface area contributed by atoms with Crippen LogP contribution in [-0.2, 0) is 39.6 Å². The molecule has 4 rings (SSSR count). The molecule has 0 spiro atoms. The zero-order valence-corrected chi connectivity index (χ0v) is 28.4. The number of nitrogens with zero attached hydrogens (tertiary/aromatic N) is 1. The molecular formula is C32H35F3N2O5RuS2. The summed E-state index contributed by atoms with van der Waals surface area (Å²) in [5, 5.41) is 0. The van der Waals surface area contributed by atoms with E-state index in [1.165, 1.54) is 11.8 Å². The Morgan fingerprint density at radius 3 is 1.56 bits per heavy atom. The van der Waals surface area contributed by atoms with Gasteiger partial charge in [-0.05, 0) is 68.1 Å². The maximum absolute atomic E-state index is 12.8. The van der Waals surface area contributed by atoms with Crippen LogP contribution in [0.4, 0.5) is 13.2 Å². The van der Waals surface area contributed by atoms with Gasteiger partial charge in [-0.2, -0.15) is 13.2 Å². The standard InChI is InChI=1S/C21H21N2O2S.C10H14.CHF3O3S.Ru/c1-16-12-14-19(15-13-16)26(24,25)23-21(18-10-6-3-7-11-18)20(22)17-8-4-2-5-9-17;1-8(2)10-6-4-9(3)5-7-10;2-1(3,4)8(5,6)7;/h2-15,20-21H,22H2,1H3;4-8H,1-3H3;(H,5,6,7);/q-1;;;+2/p-1/t20-,21-;;;/m0.../s1. The maximum atomic E-state index is 12.8. The van der Waals surface area contributed by atoms with E-state index >= 15 is 0 Å². The van der Waals surface area contributed by atoms with Crippen molar-refractivity contribution in [3.8, 4) is 0 Å². The van der Waals surface area contributed by atoms with Gasteiger partial charge in [-0.1, -0.05) is 111 Å². The van der Waals surface area contributed by atoms with Gasteiger partial charge in [-0.15, -0.1) is 0 Å². The summed E-state index contributed by atoms with van der Waals surface area (Å²) in [6, 6.07) is 24.1. The van der Waals surface area contributed by atoms with Gasteiger partial charge < -0.3 is 15.0 Å². The number of rotatable bonds is 7. The second-order valence-corrected chi connectivity index (χ2v) is 13.2. The molecule has 0 unspecified atom stereocenters. The maximum Gasteiger partial charge on any atom is 2.00 e. The number of benzene rings is 3. The van der Waals surface area contributed by atoms with Crippen LogP contribution in [0, 0.1) is 50.4 Å². The zero-order chi connectivity index (χ0) is 33.1. The van der Waals surface area contributed by atoms with Crippen molar-refractivity contribution in [2.75, 3.05) is 0 Å². The molecule has 1 saturated carbocycles. The molecule has 7 nitrogen and oxygen atoms in total. The van der Waals surface area contributed by atoms with E-state index in [1.54, 1.807) is 24.3 Å². The third-order valence-corrected chi connectivity index (χ3v) is 8.20. The van der Waals surface area contributed by atoms with Crippen molar-refractivity contribution < 1.29 is 54.0 Å². The zero-order valence-electron chi connectivity index (χ0n) is 25.0. The molecule has 244 valence electrons. The summed E-state index contributed by atoms with van der Waals surface area (Å²) in [5.41, 5.74) is 3.37. The van der Waals surface area contributed by atoms with Crippen molar-refractivity contribution in [1.82, 2.24) is 0 Å². The SMILES string of the molecule is C[C]1[CH][CH][C](C(C)C)[CH][CH]1.Cc1ccc(S(=O)(=O)[N-][C@@H](c2ccccc2)[C@@H](N)c2ccccc2)cc1.O=S(=O)([O-])C(F)(F)F.[Ru+2]. The van der Waals surface area contributed by atoms with Gasteiger partial charge in [-0.3, -0.25) is 0 Å². The monoisotopic (exact) mass is 750 g/mol. The van der Waals surface area contributed by atoms with Crippen LogP contribution in [0.5, 0.6) is 0 Å². The Kier molecular flexibility index (Phi) is 16.6. The van der Waals surface area contributed by atoms with Crippen LogP contribution in [-0.4, -0.2) is 26.9 Å². The molecule has 0 amide bonds. The van der Waals surface area contributed by atoms with Gasteiger partial charge >= 0.3 is 25.0 Å². The Morgan fingerprint density at radius 1 is 0.733 bits per heavy atom. The van der Waals surface area contributed by atoms with Crippen molar-refractivity contribution in [2.45, 2.75) is 50.2 Å². The molecule has 0 saturated heterocycles. The summed E-state index contributed by atoms with van der Waals surface area (Å²) >= 11 is 0. The predicted octanol–water partition coefficient (Wildman–Crippen LogP) is 7.19. The van der Waals surface area contributed by atoms with Crippen LogP contribution in [0.3, 0.4) is 0 Å². The van der Waals surface area contributed by atoms with Gasteiger partial charge in [0.1, 0.15) is 10.0 Å². The van der Waals surface area contributed by atoms with E-state index in [0.717, 1.165) is 16.7 Å². The number of aryl methyl sites for hydroxylation is 1. The summed E-state index contributed by atoms with van der Waals surface area (Å²) < 4.78 is 88.8. The average Bonchev–Trinajstić information content (AvgIpc) is 2.97. The molecule has 2 N–H and O–H groups in total. The van der Waals surface area contributed by atoms with E-state index in [0.29, 0.717) is 5.92 Å². The van der Waals surface area contributed by atoms with Crippen LogP contribution >= 0.6 is 0 Å². The number of hydrogen-bond acceptors (Lipinski definition) is 6. The van der Waals surface area contributed by atoms with E-state index in [1.807, 2.05) is 67.6 Å². The summed E-state index contributed by atoms with van der Waals surface area (Å²) in [4.78, 5) is 0.171. The molecule has 1 aliphatic carbocycles. The van der Waals surface area contributed by atoms with Crippen LogP contribution in [0.1, 0.15) is 49.5 Å². The van der Waals surface area contributed by atoms with Crippen molar-refractivity contribution in [3.63, 3.8) is 0 Å². The predicted molar refractivity (Wildman–Crippen MR) is 164 cm³/mol. The quantitative estimate of drug-likeness (QED) is 0.155. The molecular weight excluding hydrogens is 715 g/mol. The Bertz CT molecular complexity index is 1480. The molecule has 3 aromatic carbocycles. The van der Waals surface area contributed by atoms with Gasteiger partial charge in [0.2, 0.25) is 0 Å². The summed E-state index contributed by atoms with van der Waals surface area (Å²) in [6.45, 7) is 8.45. The van der Waals surface area contributed by atoms with Gasteiger partial charge in [0.25, 0.3) is 0 Å². The number of nitrogens with two attached hydrogens (primary N) is 1. The van der Waals surface area contributed by atoms with Crippen molar-refractivity contribution >= 4 is 20.1 Å². The normalized spacial score (nSPS) is 15.9. The minimum Gasteiger partial charge on any atom is -0.741 e. The summed E-state index contributed by atoms with van der Waals surface area (Å²) in [7, 11) is -9.92. The summed E-state index contributed by atoms with van der Waals surface area (Å²) in [6.07, 6.45) is 8.71. The number of hydrogen-bond donors (Lipinski definition) is 1. The fourth-order valence-corrected chi connectivity index (χ4v) is 4.87. The van der Waals surface area contributed by atoms with Gasteiger partial charge in [0.05, 0.1) is 0 Å². The van der Waals surface area contributed by atoms with E-state index in [-0.39, 0.29) is 24.4 Å². The number of alkyl halides is 3. The van der Waals surface area contributed by atoms with Crippen molar-refractivity contribution in [3.05, 3.63) is 144 Å². The molecule has 13 heteroatoms. The Hall–Kier alpha value is -2.15. The first-order valence-corrected chi connectivity index (χ1v) is 16.2. The van der Waals surface area contributed by atoms with Crippen molar-refractivity contribution in [2.24, 2.45) is 11.7 Å². The van der Waals surface area contributed by atoms with E-state index in [9.17, 15) is 21.6 Å². The van der Waals surface area contributed by atoms with E-state index < -0.39 is 37.7 Å². The molecule has 2 atom stereocenters. The minimum atomic E-state index is -6.09. The van der Waals surface area contributed by atoms with Gasteiger partial charge in [0.15, 0.2) is 10.1 Å². The first kappa shape index (κ1) is 40.9. The van der Waals surface area contributed by atoms with E-state index in [2.05, 4.69) is 51.2 Å². The molecule has 1 aliphatic rings. The third kappa shape index (κ3) is 13.6. The van der Waals surface area contributed by atoms with Crippen molar-refractivity contribution in [1.29, 1.82) is 0 Å². The van der Waals surface area contributed by atoms with Gasteiger partial charge in [-0.25, -0.2) is 16.8 Å². The smallest absolute Gasteiger partial charge is 0.741 e. The Labute approximate surface area is 278 Å². The fourth-order valence-electron chi connectivity index (χ4n) is 3.71. The van der Waals surface area contributed by atoms with Crippen LogP contribution < -0.4 is 5.73 Å². The summed E-state index contributed by atoms with van der Waals surface area (Å²) in [5.74, 6) is 3.41. The Balaban J connectivity index is 0.000000438. The van der Waals surface area contributed by atoms with Crippen LogP contribution in [0.2, 0.25) is 0 Å². The first-order valence-electron chi connectivity index (χ1n) is 13.4. The molecule has 45 heavy (non-hydrogen) atoms. The Morgan fingerprint density at radius 2 is 1.16 bits per heavy atom. The van der Waals surface area contributed by atoms with Crippen LogP contribution in [0.25, 0.3) is 4.72 Å². The second kappa shape index (κ2) is 18.3. The molecule has 0 aliphatic heterocycles. The minimum absolute atomic E-state index is 0. The largest absolute Gasteiger partial charge is 2.00 e. The van der Waals surface area contributed by atoms with E-state index in [4.69, 9.17) is 18.7 Å². The molecule has 0 aromatic heterocycles. The second-order valence-electron chi connectivity index (χ2n) is 10.2. The average molecular weight is 750 g/mol. The van der Waals surface area contributed by atoms with Gasteiger partial charge in [0, 0.05) is 10.9 Å². The molecule has 0 heterocycles. The fraction of sp³-hybridized carbons (Fsp3) is 0.250. The topological polar surface area (TPSA) is 131 Å². The van der Waals surface area contributed by atoms with Crippen LogP contribution in [0.15, 0.2) is 89.8 Å². The third-order valence-electron chi connectivity index (χ3n) is 6.26. The first-order chi connectivity index (χ1) is 20.4. The molecule has 1 fully saturated rings. The molecule has 6 radical (unpaired) electrons. The number of sulfonamides is 1.